The minimum absolute atomic E-state index is 0.0811. The molecule has 6 rings (SSSR count). The zero-order valence-corrected chi connectivity index (χ0v) is 23.2. The van der Waals surface area contributed by atoms with Crippen molar-refractivity contribution in [2.75, 3.05) is 37.7 Å². The number of anilines is 1. The van der Waals surface area contributed by atoms with E-state index >= 15 is 0 Å². The number of piperazine rings is 1. The van der Waals surface area contributed by atoms with E-state index in [1.54, 1.807) is 0 Å². The van der Waals surface area contributed by atoms with Gasteiger partial charge in [0.2, 0.25) is 0 Å². The van der Waals surface area contributed by atoms with Gasteiger partial charge in [-0.05, 0) is 83.5 Å². The smallest absolute Gasteiger partial charge is 0.253 e. The lowest BCUT2D eigenvalue weighted by Crippen LogP contribution is -2.49. The number of H-pyrrole nitrogens is 1. The predicted octanol–water partition coefficient (Wildman–Crippen LogP) is 4.13. The maximum Gasteiger partial charge on any atom is 0.253 e. The van der Waals surface area contributed by atoms with E-state index in [0.717, 1.165) is 73.7 Å². The number of tetrazole rings is 1. The third-order valence-electron chi connectivity index (χ3n) is 8.04. The second kappa shape index (κ2) is 11.1. The molecule has 0 radical (unpaired) electrons. The number of aryl methyl sites for hydroxylation is 2. The van der Waals surface area contributed by atoms with E-state index in [9.17, 15) is 4.79 Å². The number of nitrogens with one attached hydrogen (secondary N) is 1. The summed E-state index contributed by atoms with van der Waals surface area (Å²) in [5.41, 5.74) is 4.95. The molecule has 10 heteroatoms. The highest BCUT2D eigenvalue weighted by Gasteiger charge is 2.34. The summed E-state index contributed by atoms with van der Waals surface area (Å²) in [5, 5.41) is 14.6. The molecule has 0 spiro atoms. The van der Waals surface area contributed by atoms with Crippen LogP contribution in [0.5, 0.6) is 0 Å². The first kappa shape index (κ1) is 26.0. The molecule has 2 aliphatic heterocycles. The van der Waals surface area contributed by atoms with Crippen molar-refractivity contribution < 1.29 is 4.74 Å². The van der Waals surface area contributed by atoms with Gasteiger partial charge in [-0.15, -0.1) is 5.10 Å². The lowest BCUT2D eigenvalue weighted by atomic mass is 10.0. The van der Waals surface area contributed by atoms with Crippen molar-refractivity contribution in [2.24, 2.45) is 0 Å². The molecule has 2 aromatic heterocycles. The number of hydrogen-bond acceptors (Lipinski definition) is 7. The highest BCUT2D eigenvalue weighted by Crippen LogP contribution is 2.31. The highest BCUT2D eigenvalue weighted by molar-refractivity contribution is 6.30. The largest absolute Gasteiger partial charge is 0.376 e. The van der Waals surface area contributed by atoms with Crippen LogP contribution in [0.1, 0.15) is 48.3 Å². The Balaban J connectivity index is 1.37. The molecular weight excluding hydrogens is 514 g/mol. The number of aromatic nitrogens is 5. The molecule has 204 valence electrons. The summed E-state index contributed by atoms with van der Waals surface area (Å²) < 4.78 is 7.72. The minimum Gasteiger partial charge on any atom is -0.376 e. The summed E-state index contributed by atoms with van der Waals surface area (Å²) in [6.45, 7) is 8.68. The van der Waals surface area contributed by atoms with Gasteiger partial charge in [0.1, 0.15) is 6.04 Å². The van der Waals surface area contributed by atoms with Crippen LogP contribution in [0.15, 0.2) is 47.3 Å². The van der Waals surface area contributed by atoms with Gasteiger partial charge in [-0.1, -0.05) is 30.7 Å². The fraction of sp³-hybridized carbons (Fsp3) is 0.448. The topological polar surface area (TPSA) is 92.2 Å². The van der Waals surface area contributed by atoms with Crippen molar-refractivity contribution in [3.8, 4) is 0 Å². The second-order valence-electron chi connectivity index (χ2n) is 10.5. The average Bonchev–Trinajstić information content (AvgIpc) is 3.63. The van der Waals surface area contributed by atoms with E-state index in [2.05, 4.69) is 62.4 Å². The number of ether oxygens (including phenoxy) is 1. The Morgan fingerprint density at radius 3 is 2.74 bits per heavy atom. The third-order valence-corrected chi connectivity index (χ3v) is 8.27. The fourth-order valence-electron chi connectivity index (χ4n) is 5.86. The third kappa shape index (κ3) is 5.31. The maximum atomic E-state index is 13.6. The molecule has 39 heavy (non-hydrogen) atoms. The Labute approximate surface area is 232 Å². The number of nitrogens with zero attached hydrogens (tertiary/aromatic N) is 6. The van der Waals surface area contributed by atoms with Crippen LogP contribution in [-0.2, 0) is 17.7 Å². The molecule has 4 aromatic rings. The van der Waals surface area contributed by atoms with E-state index in [1.165, 1.54) is 11.1 Å². The first-order valence-electron chi connectivity index (χ1n) is 13.8. The minimum atomic E-state index is -0.387. The summed E-state index contributed by atoms with van der Waals surface area (Å²) in [6.07, 6.45) is 3.04. The van der Waals surface area contributed by atoms with Crippen molar-refractivity contribution in [1.82, 2.24) is 30.1 Å². The summed E-state index contributed by atoms with van der Waals surface area (Å²) >= 11 is 6.33. The number of aromatic amines is 1. The lowest BCUT2D eigenvalue weighted by molar-refractivity contribution is 0.0906. The number of halogens is 1. The SMILES string of the molecule is CCc1ccc2[nH]c(=O)c([C@@H](c3nnnn3C[C@H]3CCCO3)N3CCN(c4cc(Cl)ccc4C)CC3)cc2c1. The number of pyridine rings is 1. The van der Waals surface area contributed by atoms with Crippen molar-refractivity contribution in [1.29, 1.82) is 0 Å². The number of rotatable bonds is 7. The van der Waals surface area contributed by atoms with Crippen molar-refractivity contribution in [3.05, 3.63) is 80.4 Å². The summed E-state index contributed by atoms with van der Waals surface area (Å²) in [7, 11) is 0. The Hall–Kier alpha value is -3.27. The first-order valence-corrected chi connectivity index (χ1v) is 14.2. The van der Waals surface area contributed by atoms with Gasteiger partial charge >= 0.3 is 0 Å². The summed E-state index contributed by atoms with van der Waals surface area (Å²) in [4.78, 5) is 21.4. The highest BCUT2D eigenvalue weighted by atomic mass is 35.5. The zero-order chi connectivity index (χ0) is 26.9. The van der Waals surface area contributed by atoms with Gasteiger partial charge < -0.3 is 14.6 Å². The molecule has 0 unspecified atom stereocenters. The van der Waals surface area contributed by atoms with Crippen LogP contribution in [0.25, 0.3) is 10.9 Å². The van der Waals surface area contributed by atoms with Crippen LogP contribution in [0.4, 0.5) is 5.69 Å². The number of hydrogen-bond donors (Lipinski definition) is 1. The molecule has 2 saturated heterocycles. The van der Waals surface area contributed by atoms with E-state index in [0.29, 0.717) is 17.9 Å². The van der Waals surface area contributed by atoms with Gasteiger partial charge in [-0.25, -0.2) is 4.68 Å². The molecule has 0 saturated carbocycles. The van der Waals surface area contributed by atoms with Crippen molar-refractivity contribution in [2.45, 2.75) is 51.8 Å². The van der Waals surface area contributed by atoms with E-state index < -0.39 is 0 Å². The van der Waals surface area contributed by atoms with Crippen molar-refractivity contribution in [3.63, 3.8) is 0 Å². The van der Waals surface area contributed by atoms with Crippen molar-refractivity contribution >= 4 is 28.2 Å². The van der Waals surface area contributed by atoms with Gasteiger partial charge in [0, 0.05) is 54.6 Å². The van der Waals surface area contributed by atoms with Gasteiger partial charge in [0.25, 0.3) is 5.56 Å². The van der Waals surface area contributed by atoms with Gasteiger partial charge in [0.15, 0.2) is 5.82 Å². The Morgan fingerprint density at radius 1 is 1.13 bits per heavy atom. The molecule has 1 N–H and O–H groups in total. The fourth-order valence-corrected chi connectivity index (χ4v) is 6.02. The molecule has 2 aromatic carbocycles. The van der Waals surface area contributed by atoms with Crippen LogP contribution >= 0.6 is 11.6 Å². The monoisotopic (exact) mass is 547 g/mol. The standard InChI is InChI=1S/C29H34ClN7O2/c1-3-20-7-9-25-21(15-20)16-24(29(38)31-25)27(28-32-33-34-37(28)18-23-5-4-14-39-23)36-12-10-35(11-13-36)26-17-22(30)8-6-19(26)2/h6-9,15-17,23,27H,3-5,10-14,18H2,1-2H3,(H,31,38)/t23-,27+/m1/s1. The van der Waals surface area contributed by atoms with Crippen LogP contribution < -0.4 is 10.5 Å². The quantitative estimate of drug-likeness (QED) is 0.372. The average molecular weight is 548 g/mol. The Morgan fingerprint density at radius 2 is 1.97 bits per heavy atom. The molecule has 9 nitrogen and oxygen atoms in total. The summed E-state index contributed by atoms with van der Waals surface area (Å²) in [6, 6.07) is 13.9. The Bertz CT molecular complexity index is 1520. The first-order chi connectivity index (χ1) is 19.0. The van der Waals surface area contributed by atoms with E-state index in [-0.39, 0.29) is 17.7 Å². The molecule has 4 heterocycles. The molecular formula is C29H34ClN7O2. The van der Waals surface area contributed by atoms with Gasteiger partial charge in [0.05, 0.1) is 12.6 Å². The summed E-state index contributed by atoms with van der Waals surface area (Å²) in [5.74, 6) is 0.675. The second-order valence-corrected chi connectivity index (χ2v) is 11.0. The molecule has 2 aliphatic rings. The number of fused-ring (bicyclic) bond motifs is 1. The van der Waals surface area contributed by atoms with E-state index in [1.807, 2.05) is 28.9 Å². The lowest BCUT2D eigenvalue weighted by Gasteiger charge is -2.40. The molecule has 2 fully saturated rings. The molecule has 0 bridgehead atoms. The van der Waals surface area contributed by atoms with Gasteiger partial charge in [-0.2, -0.15) is 0 Å². The van der Waals surface area contributed by atoms with Crippen LogP contribution in [0.3, 0.4) is 0 Å². The van der Waals surface area contributed by atoms with Crippen LogP contribution in [0, 0.1) is 6.92 Å². The normalized spacial score (nSPS) is 19.2. The van der Waals surface area contributed by atoms with Crippen LogP contribution in [0.2, 0.25) is 5.02 Å². The number of benzene rings is 2. The van der Waals surface area contributed by atoms with E-state index in [4.69, 9.17) is 16.3 Å². The maximum absolute atomic E-state index is 13.6. The molecule has 0 amide bonds. The molecule has 2 atom stereocenters. The molecule has 0 aliphatic carbocycles. The predicted molar refractivity (Wildman–Crippen MR) is 153 cm³/mol. The zero-order valence-electron chi connectivity index (χ0n) is 22.4. The Kier molecular flexibility index (Phi) is 7.38. The van der Waals surface area contributed by atoms with Gasteiger partial charge in [-0.3, -0.25) is 9.69 Å². The van der Waals surface area contributed by atoms with Crippen LogP contribution in [-0.4, -0.2) is 69.0 Å².